The van der Waals surface area contributed by atoms with Crippen molar-refractivity contribution in [3.05, 3.63) is 46.5 Å². The summed E-state index contributed by atoms with van der Waals surface area (Å²) in [6.45, 7) is 6.80. The van der Waals surface area contributed by atoms with Crippen molar-refractivity contribution in [2.45, 2.75) is 31.8 Å². The molecule has 2 aromatic rings. The first-order valence-corrected chi connectivity index (χ1v) is 12.0. The van der Waals surface area contributed by atoms with Crippen LogP contribution in [0.5, 0.6) is 11.5 Å². The van der Waals surface area contributed by atoms with Crippen molar-refractivity contribution in [3.63, 3.8) is 0 Å². The highest BCUT2D eigenvalue weighted by Gasteiger charge is 2.27. The average Bonchev–Trinajstić information content (AvgIpc) is 2.76. The van der Waals surface area contributed by atoms with Crippen molar-refractivity contribution in [1.82, 2.24) is 4.31 Å². The van der Waals surface area contributed by atoms with Gasteiger partial charge in [-0.05, 0) is 50.6 Å². The van der Waals surface area contributed by atoms with E-state index in [4.69, 9.17) is 25.8 Å². The molecule has 3 rings (SSSR count). The van der Waals surface area contributed by atoms with Gasteiger partial charge in [-0.25, -0.2) is 8.42 Å². The van der Waals surface area contributed by atoms with Crippen molar-refractivity contribution in [2.24, 2.45) is 0 Å². The molecule has 174 valence electrons. The number of aryl methyl sites for hydroxylation is 1. The van der Waals surface area contributed by atoms with Crippen LogP contribution in [0, 0.1) is 6.92 Å². The van der Waals surface area contributed by atoms with Gasteiger partial charge in [0.25, 0.3) is 5.91 Å². The van der Waals surface area contributed by atoms with E-state index < -0.39 is 15.9 Å². The number of ether oxygens (including phenoxy) is 3. The Bertz CT molecular complexity index is 1100. The Morgan fingerprint density at radius 3 is 2.50 bits per heavy atom. The molecule has 2 aromatic carbocycles. The quantitative estimate of drug-likeness (QED) is 0.646. The molecule has 0 aliphatic carbocycles. The first kappa shape index (κ1) is 24.3. The van der Waals surface area contributed by atoms with Crippen molar-refractivity contribution in [1.29, 1.82) is 0 Å². The van der Waals surface area contributed by atoms with Crippen LogP contribution in [-0.2, 0) is 14.8 Å². The maximum absolute atomic E-state index is 13.0. The summed E-state index contributed by atoms with van der Waals surface area (Å²) in [7, 11) is -2.23. The van der Waals surface area contributed by atoms with Crippen LogP contribution in [0.25, 0.3) is 0 Å². The second-order valence-electron chi connectivity index (χ2n) is 7.60. The number of benzene rings is 2. The maximum Gasteiger partial charge on any atom is 0.255 e. The first-order chi connectivity index (χ1) is 15.1. The lowest BCUT2D eigenvalue weighted by Gasteiger charge is -2.26. The van der Waals surface area contributed by atoms with Crippen molar-refractivity contribution < 1.29 is 27.4 Å². The van der Waals surface area contributed by atoms with Crippen LogP contribution < -0.4 is 14.8 Å². The molecule has 10 heteroatoms. The van der Waals surface area contributed by atoms with E-state index >= 15 is 0 Å². The average molecular weight is 483 g/mol. The molecule has 1 aliphatic rings. The second kappa shape index (κ2) is 10.1. The van der Waals surface area contributed by atoms with E-state index in [2.05, 4.69) is 5.32 Å². The van der Waals surface area contributed by atoms with Crippen molar-refractivity contribution >= 4 is 33.2 Å². The molecule has 1 aliphatic heterocycles. The van der Waals surface area contributed by atoms with Crippen LogP contribution in [0.15, 0.2) is 35.2 Å². The second-order valence-corrected chi connectivity index (χ2v) is 9.95. The van der Waals surface area contributed by atoms with E-state index in [1.165, 1.54) is 35.7 Å². The van der Waals surface area contributed by atoms with Crippen LogP contribution in [0.3, 0.4) is 0 Å². The summed E-state index contributed by atoms with van der Waals surface area (Å²) in [4.78, 5) is 13.0. The minimum absolute atomic E-state index is 0.108. The maximum atomic E-state index is 13.0. The van der Waals surface area contributed by atoms with Gasteiger partial charge in [0.1, 0.15) is 0 Å². The van der Waals surface area contributed by atoms with Crippen LogP contribution >= 0.6 is 11.6 Å². The SMILES string of the molecule is COc1cc(C(=O)Nc2cc(S(=O)(=O)N3CCOCC3)ccc2C)cc(Cl)c1OC(C)C. The van der Waals surface area contributed by atoms with Gasteiger partial charge >= 0.3 is 0 Å². The molecule has 0 atom stereocenters. The Morgan fingerprint density at radius 2 is 1.88 bits per heavy atom. The molecular formula is C22H27ClN2O6S. The smallest absolute Gasteiger partial charge is 0.255 e. The van der Waals surface area contributed by atoms with Crippen molar-refractivity contribution in [3.8, 4) is 11.5 Å². The van der Waals surface area contributed by atoms with Crippen molar-refractivity contribution in [2.75, 3.05) is 38.7 Å². The third-order valence-corrected chi connectivity index (χ3v) is 7.09. The number of rotatable bonds is 7. The number of carbonyl (C=O) groups is 1. The minimum Gasteiger partial charge on any atom is -0.493 e. The number of nitrogens with one attached hydrogen (secondary N) is 1. The molecule has 0 aromatic heterocycles. The molecular weight excluding hydrogens is 456 g/mol. The zero-order valence-corrected chi connectivity index (χ0v) is 20.0. The van der Waals surface area contributed by atoms with Gasteiger partial charge in [-0.15, -0.1) is 0 Å². The zero-order valence-electron chi connectivity index (χ0n) is 18.5. The minimum atomic E-state index is -3.69. The van der Waals surface area contributed by atoms with E-state index in [9.17, 15) is 13.2 Å². The van der Waals surface area contributed by atoms with E-state index in [0.717, 1.165) is 5.56 Å². The van der Waals surface area contributed by atoms with E-state index in [1.807, 2.05) is 13.8 Å². The lowest BCUT2D eigenvalue weighted by Crippen LogP contribution is -2.40. The van der Waals surface area contributed by atoms with Crippen LogP contribution in [0.2, 0.25) is 5.02 Å². The predicted molar refractivity (Wildman–Crippen MR) is 122 cm³/mol. The topological polar surface area (TPSA) is 94.2 Å². The normalized spacial score (nSPS) is 14.9. The Balaban J connectivity index is 1.88. The van der Waals surface area contributed by atoms with Gasteiger partial charge in [0.15, 0.2) is 11.5 Å². The molecule has 0 spiro atoms. The summed E-state index contributed by atoms with van der Waals surface area (Å²) in [5, 5.41) is 3.02. The molecule has 1 amide bonds. The number of carbonyl (C=O) groups excluding carboxylic acids is 1. The molecule has 0 bridgehead atoms. The number of methoxy groups -OCH3 is 1. The highest BCUT2D eigenvalue weighted by Crippen LogP contribution is 2.37. The molecule has 8 nitrogen and oxygen atoms in total. The lowest BCUT2D eigenvalue weighted by molar-refractivity contribution is 0.0730. The van der Waals surface area contributed by atoms with Gasteiger partial charge in [0, 0.05) is 24.3 Å². The van der Waals surface area contributed by atoms with Crippen LogP contribution in [0.1, 0.15) is 29.8 Å². The summed E-state index contributed by atoms with van der Waals surface area (Å²) in [5.74, 6) is 0.234. The Kier molecular flexibility index (Phi) is 7.66. The molecule has 1 fully saturated rings. The van der Waals surface area contributed by atoms with Gasteiger partial charge in [-0.1, -0.05) is 17.7 Å². The lowest BCUT2D eigenvalue weighted by atomic mass is 10.1. The molecule has 1 heterocycles. The highest BCUT2D eigenvalue weighted by molar-refractivity contribution is 7.89. The van der Waals surface area contributed by atoms with Gasteiger partial charge in [-0.2, -0.15) is 4.31 Å². The monoisotopic (exact) mass is 482 g/mol. The number of nitrogens with zero attached hydrogens (tertiary/aromatic N) is 1. The summed E-state index contributed by atoms with van der Waals surface area (Å²) < 4.78 is 43.6. The van der Waals surface area contributed by atoms with E-state index in [0.29, 0.717) is 43.5 Å². The largest absolute Gasteiger partial charge is 0.493 e. The van der Waals surface area contributed by atoms with Gasteiger partial charge in [0.05, 0.1) is 36.3 Å². The molecule has 1 saturated heterocycles. The summed E-state index contributed by atoms with van der Waals surface area (Å²) >= 11 is 6.33. The highest BCUT2D eigenvalue weighted by atomic mass is 35.5. The standard InChI is InChI=1S/C22H27ClN2O6S/c1-14(2)31-21-18(23)11-16(12-20(21)29-4)22(26)24-19-13-17(6-5-15(19)3)32(27,28)25-7-9-30-10-8-25/h5-6,11-14H,7-10H2,1-4H3,(H,24,26). The van der Waals surface area contributed by atoms with Gasteiger partial charge in [0.2, 0.25) is 10.0 Å². The fourth-order valence-electron chi connectivity index (χ4n) is 3.23. The summed E-state index contributed by atoms with van der Waals surface area (Å²) in [6, 6.07) is 7.68. The number of morpholine rings is 1. The van der Waals surface area contributed by atoms with Gasteiger partial charge < -0.3 is 19.5 Å². The number of amides is 1. The molecule has 0 saturated carbocycles. The van der Waals surface area contributed by atoms with E-state index in [-0.39, 0.29) is 21.6 Å². The Hall–Kier alpha value is -2.33. The number of sulfonamides is 1. The van der Waals surface area contributed by atoms with E-state index in [1.54, 1.807) is 13.0 Å². The third-order valence-electron chi connectivity index (χ3n) is 4.91. The number of anilines is 1. The summed E-state index contributed by atoms with van der Waals surface area (Å²) in [6.07, 6.45) is -0.125. The molecule has 0 unspecified atom stereocenters. The predicted octanol–water partition coefficient (Wildman–Crippen LogP) is 3.72. The third kappa shape index (κ3) is 5.35. The van der Waals surface area contributed by atoms with Gasteiger partial charge in [-0.3, -0.25) is 4.79 Å². The Morgan fingerprint density at radius 1 is 1.19 bits per heavy atom. The number of hydrogen-bond donors (Lipinski definition) is 1. The fraction of sp³-hybridized carbons (Fsp3) is 0.409. The van der Waals surface area contributed by atoms with Crippen LogP contribution in [-0.4, -0.2) is 58.1 Å². The molecule has 32 heavy (non-hydrogen) atoms. The first-order valence-electron chi connectivity index (χ1n) is 10.2. The fourth-order valence-corrected chi connectivity index (χ4v) is 4.92. The molecule has 1 N–H and O–H groups in total. The zero-order chi connectivity index (χ0) is 23.5. The summed E-state index contributed by atoms with van der Waals surface area (Å²) in [5.41, 5.74) is 1.36. The molecule has 0 radical (unpaired) electrons. The van der Waals surface area contributed by atoms with Crippen LogP contribution in [0.4, 0.5) is 5.69 Å². The number of halogens is 1. The Labute approximate surface area is 193 Å². The number of hydrogen-bond acceptors (Lipinski definition) is 6.